The van der Waals surface area contributed by atoms with Crippen molar-refractivity contribution in [2.75, 3.05) is 11.9 Å². The monoisotopic (exact) mass is 331 g/mol. The van der Waals surface area contributed by atoms with Gasteiger partial charge in [-0.2, -0.15) is 0 Å². The van der Waals surface area contributed by atoms with E-state index in [1.165, 1.54) is 5.56 Å². The van der Waals surface area contributed by atoms with E-state index in [1.807, 2.05) is 12.1 Å². The Morgan fingerprint density at radius 3 is 2.62 bits per heavy atom. The Balaban J connectivity index is 1.94. The van der Waals surface area contributed by atoms with Gasteiger partial charge in [-0.05, 0) is 43.7 Å². The van der Waals surface area contributed by atoms with Crippen molar-refractivity contribution in [3.63, 3.8) is 0 Å². The Hall–Kier alpha value is -1.55. The smallest absolute Gasteiger partial charge is 0.224 e. The van der Waals surface area contributed by atoms with Crippen LogP contribution in [0.25, 0.3) is 0 Å². The average Bonchev–Trinajstić information content (AvgIpc) is 2.53. The van der Waals surface area contributed by atoms with Gasteiger partial charge in [0.2, 0.25) is 5.91 Å². The Kier molecular flexibility index (Phi) is 7.10. The van der Waals surface area contributed by atoms with E-state index in [0.29, 0.717) is 5.92 Å². The van der Waals surface area contributed by atoms with Crippen molar-refractivity contribution in [1.82, 2.24) is 5.32 Å². The zero-order valence-electron chi connectivity index (χ0n) is 15.3. The van der Waals surface area contributed by atoms with E-state index in [9.17, 15) is 4.79 Å². The molecule has 0 unspecified atom stereocenters. The van der Waals surface area contributed by atoms with Crippen LogP contribution in [0.2, 0.25) is 0 Å². The number of hydrogen-bond acceptors (Lipinski definition) is 3. The molecule has 0 heterocycles. The van der Waals surface area contributed by atoms with Crippen molar-refractivity contribution in [1.29, 1.82) is 0 Å². The fraction of sp³-hybridized carbons (Fsp3) is 0.650. The lowest BCUT2D eigenvalue weighted by Gasteiger charge is -2.30. The molecule has 2 rings (SSSR count). The number of amides is 1. The molecule has 1 aliphatic carbocycles. The molecule has 1 aromatic rings. The van der Waals surface area contributed by atoms with Gasteiger partial charge < -0.3 is 16.4 Å². The van der Waals surface area contributed by atoms with Crippen LogP contribution >= 0.6 is 0 Å². The van der Waals surface area contributed by atoms with Crippen molar-refractivity contribution >= 4 is 11.6 Å². The van der Waals surface area contributed by atoms with Crippen LogP contribution in [0, 0.1) is 18.8 Å². The highest BCUT2D eigenvalue weighted by Crippen LogP contribution is 2.23. The summed E-state index contributed by atoms with van der Waals surface area (Å²) in [5, 5.41) is 6.75. The van der Waals surface area contributed by atoms with E-state index >= 15 is 0 Å². The van der Waals surface area contributed by atoms with Crippen LogP contribution in [0.3, 0.4) is 0 Å². The minimum absolute atomic E-state index is 0.0165. The maximum atomic E-state index is 12.7. The first kappa shape index (κ1) is 18.8. The molecule has 24 heavy (non-hydrogen) atoms. The highest BCUT2D eigenvalue weighted by Gasteiger charge is 2.29. The molecule has 0 saturated heterocycles. The maximum Gasteiger partial charge on any atom is 0.224 e. The molecule has 1 saturated carbocycles. The number of aryl methyl sites for hydroxylation is 1. The highest BCUT2D eigenvalue weighted by molar-refractivity contribution is 5.79. The molecule has 0 radical (unpaired) electrons. The summed E-state index contributed by atoms with van der Waals surface area (Å²) >= 11 is 0. The number of benzene rings is 1. The predicted molar refractivity (Wildman–Crippen MR) is 101 cm³/mol. The molecule has 0 spiro atoms. The zero-order valence-corrected chi connectivity index (χ0v) is 15.3. The van der Waals surface area contributed by atoms with Crippen molar-refractivity contribution in [3.8, 4) is 0 Å². The number of carbonyl (C=O) groups is 1. The van der Waals surface area contributed by atoms with Gasteiger partial charge in [0.25, 0.3) is 0 Å². The lowest BCUT2D eigenvalue weighted by atomic mass is 9.84. The molecule has 134 valence electrons. The third-order valence-corrected chi connectivity index (χ3v) is 4.94. The number of nitrogens with two attached hydrogens (primary N) is 1. The zero-order chi connectivity index (χ0) is 17.5. The molecule has 0 aromatic heterocycles. The van der Waals surface area contributed by atoms with Crippen molar-refractivity contribution in [3.05, 3.63) is 29.8 Å². The molecular formula is C20H33N3O. The molecule has 4 N–H and O–H groups in total. The van der Waals surface area contributed by atoms with E-state index in [-0.39, 0.29) is 23.9 Å². The van der Waals surface area contributed by atoms with Crippen LogP contribution in [0.5, 0.6) is 0 Å². The molecule has 1 aliphatic rings. The summed E-state index contributed by atoms with van der Waals surface area (Å²) in [6, 6.07) is 8.40. The van der Waals surface area contributed by atoms with E-state index in [1.54, 1.807) is 0 Å². The minimum Gasteiger partial charge on any atom is -0.383 e. The predicted octanol–water partition coefficient (Wildman–Crippen LogP) is 3.46. The molecule has 4 heteroatoms. The third-order valence-electron chi connectivity index (χ3n) is 4.94. The summed E-state index contributed by atoms with van der Waals surface area (Å²) in [5.41, 5.74) is 8.52. The van der Waals surface area contributed by atoms with Gasteiger partial charge in [-0.15, -0.1) is 0 Å². The van der Waals surface area contributed by atoms with Gasteiger partial charge in [-0.25, -0.2) is 0 Å². The summed E-state index contributed by atoms with van der Waals surface area (Å²) in [6.45, 7) is 7.23. The first-order valence-electron chi connectivity index (χ1n) is 9.32. The Labute approximate surface area is 146 Å². The summed E-state index contributed by atoms with van der Waals surface area (Å²) in [5.74, 6) is 0.653. The maximum absolute atomic E-state index is 12.7. The topological polar surface area (TPSA) is 67.1 Å². The Morgan fingerprint density at radius 1 is 1.25 bits per heavy atom. The third kappa shape index (κ3) is 5.52. The van der Waals surface area contributed by atoms with E-state index in [0.717, 1.165) is 44.3 Å². The number of carbonyl (C=O) groups excluding carboxylic acids is 1. The Morgan fingerprint density at radius 2 is 1.96 bits per heavy atom. The fourth-order valence-electron chi connectivity index (χ4n) is 3.56. The second-order valence-corrected chi connectivity index (χ2v) is 7.59. The van der Waals surface area contributed by atoms with Crippen LogP contribution in [-0.2, 0) is 4.79 Å². The van der Waals surface area contributed by atoms with Crippen molar-refractivity contribution in [2.24, 2.45) is 17.6 Å². The quantitative estimate of drug-likeness (QED) is 0.717. The molecule has 1 aromatic carbocycles. The lowest BCUT2D eigenvalue weighted by Crippen LogP contribution is -2.49. The molecule has 0 bridgehead atoms. The summed E-state index contributed by atoms with van der Waals surface area (Å²) in [7, 11) is 0. The van der Waals surface area contributed by atoms with Gasteiger partial charge in [0.1, 0.15) is 0 Å². The summed E-state index contributed by atoms with van der Waals surface area (Å²) < 4.78 is 0. The number of anilines is 1. The molecule has 3 atom stereocenters. The van der Waals surface area contributed by atoms with Crippen LogP contribution < -0.4 is 16.4 Å². The standard InChI is InChI=1S/C20H33N3O/c1-14(2)12-16(13-22-19-11-7-4-8-15(19)3)23-20(24)17-9-5-6-10-18(17)21/h4,7-8,11,14,16-18,22H,5-6,9-10,12-13,21H2,1-3H3,(H,23,24)/t16-,17+,18-/m0/s1. The van der Waals surface area contributed by atoms with Crippen LogP contribution in [-0.4, -0.2) is 24.5 Å². The first-order chi connectivity index (χ1) is 11.5. The number of nitrogens with one attached hydrogen (secondary N) is 2. The lowest BCUT2D eigenvalue weighted by molar-refractivity contribution is -0.127. The SMILES string of the molecule is Cc1ccccc1NC[C@H](CC(C)C)NC(=O)[C@@H]1CCCC[C@@H]1N. The van der Waals surface area contributed by atoms with E-state index < -0.39 is 0 Å². The molecule has 4 nitrogen and oxygen atoms in total. The molecular weight excluding hydrogens is 298 g/mol. The van der Waals surface area contributed by atoms with E-state index in [4.69, 9.17) is 5.73 Å². The number of hydrogen-bond donors (Lipinski definition) is 3. The number of rotatable bonds is 7. The fourth-order valence-corrected chi connectivity index (χ4v) is 3.56. The number of para-hydroxylation sites is 1. The molecule has 1 amide bonds. The van der Waals surface area contributed by atoms with Gasteiger partial charge in [-0.3, -0.25) is 4.79 Å². The van der Waals surface area contributed by atoms with Gasteiger partial charge in [0.05, 0.1) is 5.92 Å². The van der Waals surface area contributed by atoms with E-state index in [2.05, 4.69) is 43.5 Å². The largest absolute Gasteiger partial charge is 0.383 e. The first-order valence-corrected chi connectivity index (χ1v) is 9.32. The van der Waals surface area contributed by atoms with Gasteiger partial charge in [-0.1, -0.05) is 44.9 Å². The summed E-state index contributed by atoms with van der Waals surface area (Å²) in [4.78, 5) is 12.7. The van der Waals surface area contributed by atoms with Crippen molar-refractivity contribution < 1.29 is 4.79 Å². The van der Waals surface area contributed by atoms with Crippen LogP contribution in [0.1, 0.15) is 51.5 Å². The normalized spacial score (nSPS) is 22.2. The van der Waals surface area contributed by atoms with Gasteiger partial charge >= 0.3 is 0 Å². The second-order valence-electron chi connectivity index (χ2n) is 7.59. The minimum atomic E-state index is -0.0214. The second kappa shape index (κ2) is 9.07. The molecule has 1 fully saturated rings. The van der Waals surface area contributed by atoms with Crippen molar-refractivity contribution in [2.45, 2.75) is 65.0 Å². The highest BCUT2D eigenvalue weighted by atomic mass is 16.2. The van der Waals surface area contributed by atoms with Crippen LogP contribution in [0.15, 0.2) is 24.3 Å². The van der Waals surface area contributed by atoms with Crippen LogP contribution in [0.4, 0.5) is 5.69 Å². The molecule has 0 aliphatic heterocycles. The average molecular weight is 332 g/mol. The summed E-state index contributed by atoms with van der Waals surface area (Å²) in [6.07, 6.45) is 5.12. The van der Waals surface area contributed by atoms with Gasteiger partial charge in [0.15, 0.2) is 0 Å². The Bertz CT molecular complexity index is 529. The van der Waals surface area contributed by atoms with Gasteiger partial charge in [0, 0.05) is 24.3 Å².